The summed E-state index contributed by atoms with van der Waals surface area (Å²) in [5, 5.41) is 0. The van der Waals surface area contributed by atoms with Crippen LogP contribution in [0.25, 0.3) is 0 Å². The van der Waals surface area contributed by atoms with Crippen molar-refractivity contribution >= 4 is 5.78 Å². The van der Waals surface area contributed by atoms with Gasteiger partial charge in [0.2, 0.25) is 0 Å². The molecule has 1 aliphatic heterocycles. The molecule has 0 aromatic heterocycles. The van der Waals surface area contributed by atoms with Gasteiger partial charge in [-0.1, -0.05) is 44.2 Å². The second-order valence-corrected chi connectivity index (χ2v) is 5.76. The molecule has 0 N–H and O–H groups in total. The number of nitrogens with zero attached hydrogens (tertiary/aromatic N) is 1. The Morgan fingerprint density at radius 3 is 2.20 bits per heavy atom. The molecule has 1 aromatic rings. The van der Waals surface area contributed by atoms with Crippen LogP contribution < -0.4 is 0 Å². The molecule has 4 heteroatoms. The van der Waals surface area contributed by atoms with E-state index in [1.54, 1.807) is 0 Å². The minimum absolute atomic E-state index is 0.0985. The van der Waals surface area contributed by atoms with Gasteiger partial charge in [0.25, 0.3) is 5.92 Å². The second-order valence-electron chi connectivity index (χ2n) is 5.76. The van der Waals surface area contributed by atoms with Gasteiger partial charge in [0, 0.05) is 31.8 Å². The van der Waals surface area contributed by atoms with Crippen LogP contribution >= 0.6 is 0 Å². The van der Waals surface area contributed by atoms with E-state index in [4.69, 9.17) is 0 Å². The van der Waals surface area contributed by atoms with E-state index in [0.717, 1.165) is 5.56 Å². The summed E-state index contributed by atoms with van der Waals surface area (Å²) in [6.07, 6.45) is -0.330. The number of Topliss-reactive ketones (excluding diaryl/α,β-unsaturated/α-hetero) is 1. The Labute approximate surface area is 118 Å². The number of rotatable bonds is 4. The fourth-order valence-electron chi connectivity index (χ4n) is 2.62. The lowest BCUT2D eigenvalue weighted by Gasteiger charge is -2.37. The zero-order valence-electron chi connectivity index (χ0n) is 12.0. The Hall–Kier alpha value is -1.29. The molecule has 0 radical (unpaired) electrons. The number of likely N-dealkylation sites (tertiary alicyclic amines) is 1. The summed E-state index contributed by atoms with van der Waals surface area (Å²) in [5.74, 6) is -2.59. The number of ketones is 1. The monoisotopic (exact) mass is 281 g/mol. The molecular weight excluding hydrogens is 260 g/mol. The summed E-state index contributed by atoms with van der Waals surface area (Å²) in [7, 11) is 0. The van der Waals surface area contributed by atoms with E-state index in [9.17, 15) is 13.6 Å². The van der Waals surface area contributed by atoms with E-state index >= 15 is 0 Å². The summed E-state index contributed by atoms with van der Waals surface area (Å²) in [4.78, 5) is 14.4. The van der Waals surface area contributed by atoms with Gasteiger partial charge >= 0.3 is 0 Å². The van der Waals surface area contributed by atoms with Crippen molar-refractivity contribution in [2.45, 2.75) is 38.7 Å². The number of carbonyl (C=O) groups excluding carboxylic acids is 1. The predicted molar refractivity (Wildman–Crippen MR) is 74.8 cm³/mol. The Morgan fingerprint density at radius 1 is 1.15 bits per heavy atom. The Morgan fingerprint density at radius 2 is 1.70 bits per heavy atom. The first-order valence-electron chi connectivity index (χ1n) is 7.11. The molecule has 1 fully saturated rings. The van der Waals surface area contributed by atoms with Crippen LogP contribution in [0.1, 0.15) is 38.3 Å². The Kier molecular flexibility index (Phi) is 4.53. The Balaban J connectivity index is 2.22. The van der Waals surface area contributed by atoms with Crippen molar-refractivity contribution in [3.05, 3.63) is 35.9 Å². The van der Waals surface area contributed by atoms with Crippen LogP contribution in [0.4, 0.5) is 8.78 Å². The molecule has 0 amide bonds. The number of piperidine rings is 1. The first kappa shape index (κ1) is 15.1. The fraction of sp³-hybridized carbons (Fsp3) is 0.562. The quantitative estimate of drug-likeness (QED) is 0.839. The van der Waals surface area contributed by atoms with Gasteiger partial charge in [0.15, 0.2) is 5.78 Å². The highest BCUT2D eigenvalue weighted by Crippen LogP contribution is 2.33. The second kappa shape index (κ2) is 6.00. The first-order chi connectivity index (χ1) is 9.41. The van der Waals surface area contributed by atoms with Crippen LogP contribution in [-0.2, 0) is 4.79 Å². The third kappa shape index (κ3) is 3.42. The van der Waals surface area contributed by atoms with Gasteiger partial charge in [-0.05, 0) is 5.56 Å². The van der Waals surface area contributed by atoms with E-state index in [1.165, 1.54) is 0 Å². The molecule has 0 spiro atoms. The molecule has 1 atom stereocenters. The number of benzene rings is 1. The zero-order valence-corrected chi connectivity index (χ0v) is 12.0. The summed E-state index contributed by atoms with van der Waals surface area (Å²) >= 11 is 0. The molecule has 2 rings (SSSR count). The van der Waals surface area contributed by atoms with Gasteiger partial charge < -0.3 is 0 Å². The predicted octanol–water partition coefficient (Wildman–Crippen LogP) is 3.68. The van der Waals surface area contributed by atoms with Crippen molar-refractivity contribution in [2.24, 2.45) is 5.92 Å². The van der Waals surface area contributed by atoms with Crippen molar-refractivity contribution in [1.82, 2.24) is 4.90 Å². The lowest BCUT2D eigenvalue weighted by Crippen LogP contribution is -2.44. The largest absolute Gasteiger partial charge is 0.297 e. The first-order valence-corrected chi connectivity index (χ1v) is 7.11. The van der Waals surface area contributed by atoms with E-state index in [1.807, 2.05) is 49.1 Å². The molecule has 2 nitrogen and oxygen atoms in total. The number of alkyl halides is 2. The van der Waals surface area contributed by atoms with Gasteiger partial charge in [-0.2, -0.15) is 0 Å². The number of hydrogen-bond donors (Lipinski definition) is 0. The fourth-order valence-corrected chi connectivity index (χ4v) is 2.62. The van der Waals surface area contributed by atoms with Crippen LogP contribution in [0.2, 0.25) is 0 Å². The molecule has 0 saturated carbocycles. The summed E-state index contributed by atoms with van der Waals surface area (Å²) in [5.41, 5.74) is 0.899. The molecule has 1 unspecified atom stereocenters. The maximum Gasteiger partial charge on any atom is 0.250 e. The van der Waals surface area contributed by atoms with Crippen molar-refractivity contribution in [3.63, 3.8) is 0 Å². The van der Waals surface area contributed by atoms with Crippen molar-refractivity contribution < 1.29 is 13.6 Å². The molecule has 1 aromatic carbocycles. The smallest absolute Gasteiger partial charge is 0.250 e. The lowest BCUT2D eigenvalue weighted by molar-refractivity contribution is -0.131. The maximum absolute atomic E-state index is 13.3. The maximum atomic E-state index is 13.3. The number of halogens is 2. The van der Waals surface area contributed by atoms with Gasteiger partial charge in [-0.3, -0.25) is 9.69 Å². The highest BCUT2D eigenvalue weighted by Gasteiger charge is 2.38. The highest BCUT2D eigenvalue weighted by molar-refractivity contribution is 5.86. The highest BCUT2D eigenvalue weighted by atomic mass is 19.3. The number of hydrogen-bond acceptors (Lipinski definition) is 2. The van der Waals surface area contributed by atoms with E-state index in [2.05, 4.69) is 0 Å². The molecule has 110 valence electrons. The lowest BCUT2D eigenvalue weighted by atomic mass is 9.92. The Bertz CT molecular complexity index is 449. The van der Waals surface area contributed by atoms with Gasteiger partial charge in [0.1, 0.15) is 0 Å². The minimum atomic E-state index is -2.58. The SMILES string of the molecule is CC(C)C(=O)C(c1ccccc1)N1CCC(F)(F)CC1. The average Bonchev–Trinajstić information content (AvgIpc) is 2.42. The van der Waals surface area contributed by atoms with Crippen LogP contribution in [0.3, 0.4) is 0 Å². The molecule has 20 heavy (non-hydrogen) atoms. The van der Waals surface area contributed by atoms with Crippen LogP contribution in [0.15, 0.2) is 30.3 Å². The van der Waals surface area contributed by atoms with Gasteiger partial charge in [0.05, 0.1) is 6.04 Å². The molecule has 0 aliphatic carbocycles. The van der Waals surface area contributed by atoms with Crippen LogP contribution in [0.5, 0.6) is 0 Å². The normalized spacial score (nSPS) is 20.9. The molecule has 1 heterocycles. The summed E-state index contributed by atoms with van der Waals surface area (Å²) in [6, 6.07) is 9.07. The topological polar surface area (TPSA) is 20.3 Å². The van der Waals surface area contributed by atoms with Crippen LogP contribution in [0, 0.1) is 5.92 Å². The molecule has 0 bridgehead atoms. The van der Waals surface area contributed by atoms with Crippen molar-refractivity contribution in [1.29, 1.82) is 0 Å². The van der Waals surface area contributed by atoms with E-state index in [0.29, 0.717) is 0 Å². The van der Waals surface area contributed by atoms with Crippen molar-refractivity contribution in [3.8, 4) is 0 Å². The van der Waals surface area contributed by atoms with Gasteiger partial charge in [-0.25, -0.2) is 8.78 Å². The average molecular weight is 281 g/mol. The van der Waals surface area contributed by atoms with E-state index < -0.39 is 12.0 Å². The third-order valence-electron chi connectivity index (χ3n) is 3.85. The van der Waals surface area contributed by atoms with Crippen molar-refractivity contribution in [2.75, 3.05) is 13.1 Å². The summed E-state index contributed by atoms with van der Waals surface area (Å²) < 4.78 is 26.6. The van der Waals surface area contributed by atoms with E-state index in [-0.39, 0.29) is 37.6 Å². The number of carbonyl (C=O) groups is 1. The van der Waals surface area contributed by atoms with Crippen LogP contribution in [-0.4, -0.2) is 29.7 Å². The summed E-state index contributed by atoms with van der Waals surface area (Å²) in [6.45, 7) is 4.25. The molecular formula is C16H21F2NO. The zero-order chi connectivity index (χ0) is 14.8. The molecule has 1 saturated heterocycles. The van der Waals surface area contributed by atoms with Gasteiger partial charge in [-0.15, -0.1) is 0 Å². The third-order valence-corrected chi connectivity index (χ3v) is 3.85. The molecule has 1 aliphatic rings. The minimum Gasteiger partial charge on any atom is -0.297 e. The standard InChI is InChI=1S/C16H21F2NO/c1-12(2)15(20)14(13-6-4-3-5-7-13)19-10-8-16(17,18)9-11-19/h3-7,12,14H,8-11H2,1-2H3.